The van der Waals surface area contributed by atoms with Gasteiger partial charge in [0.1, 0.15) is 0 Å². The summed E-state index contributed by atoms with van der Waals surface area (Å²) in [5, 5.41) is 37.5. The second kappa shape index (κ2) is 25.0. The SMILES string of the molecule is CC(C)(C)NC(=S)/N=C(\N)SCc1ccccc1.CC(C)(C)NC(=S)/N=C(\N)SCc1ccccc1.O=[N+]([O-])[O-].O=[N+]([O-])[O-].[Ni+2]. The molecule has 2 aromatic carbocycles. The van der Waals surface area contributed by atoms with Gasteiger partial charge in [-0.15, -0.1) is 0 Å². The molecule has 0 bridgehead atoms. The average Bonchev–Trinajstić information content (AvgIpc) is 2.85. The summed E-state index contributed by atoms with van der Waals surface area (Å²) in [6, 6.07) is 20.3. The van der Waals surface area contributed by atoms with Crippen LogP contribution in [0, 0.1) is 30.6 Å². The fourth-order valence-corrected chi connectivity index (χ4v) is 4.68. The molecular formula is C26H38N8NiO6S4. The summed E-state index contributed by atoms with van der Waals surface area (Å²) in [4.78, 5) is 24.8. The van der Waals surface area contributed by atoms with Gasteiger partial charge in [0.15, 0.2) is 20.6 Å². The van der Waals surface area contributed by atoms with Crippen LogP contribution < -0.4 is 22.1 Å². The van der Waals surface area contributed by atoms with Crippen LogP contribution in [-0.4, -0.2) is 41.8 Å². The number of thiocarbonyl (C=S) groups is 2. The number of rotatable bonds is 4. The van der Waals surface area contributed by atoms with E-state index in [2.05, 4.69) is 44.9 Å². The van der Waals surface area contributed by atoms with Gasteiger partial charge in [0.05, 0.1) is 10.2 Å². The molecule has 0 amide bonds. The molecule has 19 heteroatoms. The first kappa shape index (κ1) is 46.2. The van der Waals surface area contributed by atoms with Gasteiger partial charge < -0.3 is 52.7 Å². The maximum atomic E-state index is 8.25. The quantitative estimate of drug-likeness (QED) is 0.0773. The number of amidine groups is 2. The van der Waals surface area contributed by atoms with Gasteiger partial charge in [-0.25, -0.2) is 0 Å². The second-order valence-corrected chi connectivity index (χ2v) is 13.0. The van der Waals surface area contributed by atoms with Crippen LogP contribution in [0.1, 0.15) is 52.7 Å². The maximum Gasteiger partial charge on any atom is 2.00 e. The van der Waals surface area contributed by atoms with Gasteiger partial charge in [0, 0.05) is 22.6 Å². The van der Waals surface area contributed by atoms with Gasteiger partial charge in [-0.05, 0) is 77.1 Å². The zero-order chi connectivity index (χ0) is 34.3. The molecule has 0 saturated heterocycles. The molecule has 0 atom stereocenters. The number of thioether (sulfide) groups is 2. The molecule has 0 radical (unpaired) electrons. The van der Waals surface area contributed by atoms with E-state index in [0.29, 0.717) is 20.6 Å². The molecule has 14 nitrogen and oxygen atoms in total. The second-order valence-electron chi connectivity index (χ2n) is 10.3. The molecule has 6 N–H and O–H groups in total. The third kappa shape index (κ3) is 36.9. The fraction of sp³-hybridized carbons (Fsp3) is 0.385. The third-order valence-corrected chi connectivity index (χ3v) is 5.96. The molecule has 2 rings (SSSR count). The molecule has 0 saturated carbocycles. The number of nitrogens with one attached hydrogen (secondary N) is 2. The van der Waals surface area contributed by atoms with Crippen LogP contribution in [0.2, 0.25) is 0 Å². The van der Waals surface area contributed by atoms with Gasteiger partial charge in [0.2, 0.25) is 0 Å². The minimum absolute atomic E-state index is 0. The smallest absolute Gasteiger partial charge is 0.378 e. The van der Waals surface area contributed by atoms with Crippen LogP contribution >= 0.6 is 48.0 Å². The predicted octanol–water partition coefficient (Wildman–Crippen LogP) is 5.33. The van der Waals surface area contributed by atoms with E-state index in [-0.39, 0.29) is 27.6 Å². The third-order valence-electron chi connectivity index (χ3n) is 3.85. The molecule has 0 fully saturated rings. The normalized spacial score (nSPS) is 10.9. The molecule has 0 heterocycles. The zero-order valence-electron chi connectivity index (χ0n) is 25.5. The van der Waals surface area contributed by atoms with Crippen molar-refractivity contribution in [1.82, 2.24) is 10.6 Å². The van der Waals surface area contributed by atoms with Crippen molar-refractivity contribution in [2.45, 2.75) is 64.1 Å². The van der Waals surface area contributed by atoms with Crippen molar-refractivity contribution in [2.75, 3.05) is 0 Å². The number of benzene rings is 2. The Morgan fingerprint density at radius 2 is 0.933 bits per heavy atom. The van der Waals surface area contributed by atoms with Gasteiger partial charge in [-0.2, -0.15) is 9.98 Å². The maximum absolute atomic E-state index is 8.25. The van der Waals surface area contributed by atoms with Crippen LogP contribution in [0.3, 0.4) is 0 Å². The van der Waals surface area contributed by atoms with Crippen molar-refractivity contribution in [3.8, 4) is 0 Å². The van der Waals surface area contributed by atoms with E-state index in [1.54, 1.807) is 0 Å². The number of hydrogen-bond acceptors (Lipinski definition) is 10. The predicted molar refractivity (Wildman–Crippen MR) is 190 cm³/mol. The minimum atomic E-state index is -1.75. The molecule has 0 aliphatic rings. The summed E-state index contributed by atoms with van der Waals surface area (Å²) in [6.07, 6.45) is 0. The van der Waals surface area contributed by atoms with Gasteiger partial charge in [-0.3, -0.25) is 0 Å². The van der Waals surface area contributed by atoms with Crippen LogP contribution in [0.5, 0.6) is 0 Å². The van der Waals surface area contributed by atoms with E-state index < -0.39 is 10.2 Å². The Balaban J connectivity index is -0.000000621. The summed E-state index contributed by atoms with van der Waals surface area (Å²) in [5.41, 5.74) is 13.9. The van der Waals surface area contributed by atoms with E-state index in [1.165, 1.54) is 34.7 Å². The molecule has 0 aromatic heterocycles. The Labute approximate surface area is 292 Å². The Morgan fingerprint density at radius 1 is 0.689 bits per heavy atom. The molecule has 0 aliphatic carbocycles. The van der Waals surface area contributed by atoms with Gasteiger partial charge in [0.25, 0.3) is 0 Å². The van der Waals surface area contributed by atoms with Crippen molar-refractivity contribution in [2.24, 2.45) is 21.5 Å². The number of aliphatic imine (C=N–C) groups is 2. The summed E-state index contributed by atoms with van der Waals surface area (Å²) < 4.78 is 0. The Morgan fingerprint density at radius 3 is 1.16 bits per heavy atom. The average molecular weight is 746 g/mol. The molecule has 252 valence electrons. The van der Waals surface area contributed by atoms with Gasteiger partial charge in [-0.1, -0.05) is 84.2 Å². The number of nitrogens with two attached hydrogens (primary N) is 2. The van der Waals surface area contributed by atoms with Crippen LogP contribution in [0.25, 0.3) is 0 Å². The number of nitrogens with zero attached hydrogens (tertiary/aromatic N) is 4. The van der Waals surface area contributed by atoms with Crippen molar-refractivity contribution in [3.05, 3.63) is 102 Å². The summed E-state index contributed by atoms with van der Waals surface area (Å²) >= 11 is 13.2. The molecule has 45 heavy (non-hydrogen) atoms. The van der Waals surface area contributed by atoms with Gasteiger partial charge >= 0.3 is 16.5 Å². The summed E-state index contributed by atoms with van der Waals surface area (Å²) in [5.74, 6) is 1.60. The van der Waals surface area contributed by atoms with Crippen LogP contribution in [0.15, 0.2) is 70.6 Å². The van der Waals surface area contributed by atoms with Crippen molar-refractivity contribution >= 4 is 68.5 Å². The van der Waals surface area contributed by atoms with E-state index in [1.807, 2.05) is 77.9 Å². The van der Waals surface area contributed by atoms with E-state index in [9.17, 15) is 0 Å². The first-order valence-corrected chi connectivity index (χ1v) is 15.3. The zero-order valence-corrected chi connectivity index (χ0v) is 29.8. The molecule has 0 aliphatic heterocycles. The first-order chi connectivity index (χ1) is 20.2. The van der Waals surface area contributed by atoms with Crippen molar-refractivity contribution < 1.29 is 26.7 Å². The van der Waals surface area contributed by atoms with E-state index in [0.717, 1.165) is 11.5 Å². The molecule has 2 aromatic rings. The Bertz CT molecular complexity index is 1130. The minimum Gasteiger partial charge on any atom is -0.378 e. The molecule has 0 unspecified atom stereocenters. The van der Waals surface area contributed by atoms with E-state index >= 15 is 0 Å². The van der Waals surface area contributed by atoms with Crippen molar-refractivity contribution in [1.29, 1.82) is 0 Å². The summed E-state index contributed by atoms with van der Waals surface area (Å²) in [6.45, 7) is 12.2. The summed E-state index contributed by atoms with van der Waals surface area (Å²) in [7, 11) is 0. The van der Waals surface area contributed by atoms with Crippen LogP contribution in [0.4, 0.5) is 0 Å². The molecule has 0 spiro atoms. The molecular weight excluding hydrogens is 707 g/mol. The van der Waals surface area contributed by atoms with Crippen LogP contribution in [-0.2, 0) is 28.0 Å². The Kier molecular flexibility index (Phi) is 25.7. The monoisotopic (exact) mass is 744 g/mol. The largest absolute Gasteiger partial charge is 2.00 e. The number of hydrogen-bond donors (Lipinski definition) is 4. The standard InChI is InChI=1S/2C13H19N3S2.2NO3.Ni/c2*1-13(2,3)16-12(17)15-11(14)18-9-10-7-5-4-6-8-10;2*2-1(3)4;/h2*4-8H,9H2,1-3H3,(H3,14,15,16,17);;;/q;;2*-1;+2. The fourth-order valence-electron chi connectivity index (χ4n) is 2.43. The van der Waals surface area contributed by atoms with Crippen molar-refractivity contribution in [3.63, 3.8) is 0 Å². The first-order valence-electron chi connectivity index (χ1n) is 12.5. The topological polar surface area (TPSA) is 233 Å². The van der Waals surface area contributed by atoms with E-state index in [4.69, 9.17) is 66.5 Å². The Hall–Kier alpha value is -3.25.